The van der Waals surface area contributed by atoms with Crippen LogP contribution < -0.4 is 16.4 Å². The summed E-state index contributed by atoms with van der Waals surface area (Å²) in [5, 5.41) is 7.20. The topological polar surface area (TPSA) is 53.3 Å². The van der Waals surface area contributed by atoms with Crippen molar-refractivity contribution in [1.29, 1.82) is 0 Å². The van der Waals surface area contributed by atoms with Gasteiger partial charge in [-0.1, -0.05) is 264 Å². The monoisotopic (exact) mass is 847 g/mol. The van der Waals surface area contributed by atoms with Gasteiger partial charge in [0.1, 0.15) is 0 Å². The fourth-order valence-electron chi connectivity index (χ4n) is 9.22. The van der Waals surface area contributed by atoms with Crippen LogP contribution in [0, 0.1) is 5.92 Å². The minimum atomic E-state index is 0.237. The predicted molar refractivity (Wildman–Crippen MR) is 275 cm³/mol. The summed E-state index contributed by atoms with van der Waals surface area (Å²) in [4.78, 5) is 2.62. The molecule has 1 unspecified atom stereocenters. The number of nitrogens with one attached hydrogen (secondary N) is 2. The first kappa shape index (κ1) is 59.8. The van der Waals surface area contributed by atoms with Crippen LogP contribution in [0.5, 0.6) is 0 Å². The summed E-state index contributed by atoms with van der Waals surface area (Å²) in [5.41, 5.74) is 5.80. The van der Waals surface area contributed by atoms with Crippen LogP contribution in [0.4, 0.5) is 0 Å². The minimum absolute atomic E-state index is 0.237. The molecule has 0 aromatic rings. The zero-order valence-electron chi connectivity index (χ0n) is 42.8. The maximum Gasteiger partial charge on any atom is 0.0187 e. The van der Waals surface area contributed by atoms with E-state index in [0.717, 1.165) is 39.1 Å². The second-order valence-electron chi connectivity index (χ2n) is 20.6. The van der Waals surface area contributed by atoms with Gasteiger partial charge in [0.15, 0.2) is 0 Å². The van der Waals surface area contributed by atoms with E-state index in [1.165, 1.54) is 276 Å². The van der Waals surface area contributed by atoms with Gasteiger partial charge in [0.2, 0.25) is 0 Å². The lowest BCUT2D eigenvalue weighted by Gasteiger charge is -2.41. The SMILES string of the molecule is CCCCCCCCCCCCCCCCCCCCCCCCCCCCCCCCCCCCCCCCCCN(C)C(C)(C)C(C)CNCCCCNCCCN. The second-order valence-corrected chi connectivity index (χ2v) is 20.6. The van der Waals surface area contributed by atoms with Crippen LogP contribution in [-0.2, 0) is 0 Å². The summed E-state index contributed by atoms with van der Waals surface area (Å²) < 4.78 is 0. The van der Waals surface area contributed by atoms with Gasteiger partial charge in [0.25, 0.3) is 0 Å². The van der Waals surface area contributed by atoms with Gasteiger partial charge in [-0.25, -0.2) is 0 Å². The molecule has 0 rings (SSSR count). The van der Waals surface area contributed by atoms with Gasteiger partial charge in [0, 0.05) is 5.54 Å². The molecule has 362 valence electrons. The molecule has 0 bridgehead atoms. The highest BCUT2D eigenvalue weighted by Crippen LogP contribution is 2.24. The molecule has 0 saturated carbocycles. The fraction of sp³-hybridized carbons (Fsp3) is 1.00. The van der Waals surface area contributed by atoms with E-state index in [1.807, 2.05) is 0 Å². The Balaban J connectivity index is 3.27. The Hall–Kier alpha value is -0.160. The highest BCUT2D eigenvalue weighted by molar-refractivity contribution is 4.86. The normalized spacial score (nSPS) is 12.7. The van der Waals surface area contributed by atoms with Gasteiger partial charge in [-0.05, 0) is 91.8 Å². The molecule has 4 heteroatoms. The molecule has 0 spiro atoms. The molecule has 4 N–H and O–H groups in total. The first-order chi connectivity index (χ1) is 29.5. The fourth-order valence-corrected chi connectivity index (χ4v) is 9.22. The Kier molecular flexibility index (Phi) is 49.7. The number of nitrogens with two attached hydrogens (primary N) is 1. The largest absolute Gasteiger partial charge is 0.330 e. The highest BCUT2D eigenvalue weighted by atomic mass is 15.2. The van der Waals surface area contributed by atoms with Gasteiger partial charge < -0.3 is 21.3 Å². The lowest BCUT2D eigenvalue weighted by atomic mass is 9.87. The first-order valence-electron chi connectivity index (χ1n) is 28.3. The van der Waals surface area contributed by atoms with Crippen molar-refractivity contribution in [3.05, 3.63) is 0 Å². The summed E-state index contributed by atoms with van der Waals surface area (Å²) in [6, 6.07) is 0. The second kappa shape index (κ2) is 49.8. The maximum absolute atomic E-state index is 5.56. The van der Waals surface area contributed by atoms with Crippen LogP contribution in [0.1, 0.15) is 304 Å². The lowest BCUT2D eigenvalue weighted by molar-refractivity contribution is 0.0943. The van der Waals surface area contributed by atoms with E-state index >= 15 is 0 Å². The third-order valence-electron chi connectivity index (χ3n) is 14.5. The van der Waals surface area contributed by atoms with Gasteiger partial charge in [-0.2, -0.15) is 0 Å². The lowest BCUT2D eigenvalue weighted by Crippen LogP contribution is -2.49. The maximum atomic E-state index is 5.56. The smallest absolute Gasteiger partial charge is 0.0187 e. The third kappa shape index (κ3) is 44.4. The number of rotatable bonds is 53. The van der Waals surface area contributed by atoms with Crippen LogP contribution in [0.25, 0.3) is 0 Å². The Labute approximate surface area is 381 Å². The molecule has 0 aromatic heterocycles. The Morgan fingerprint density at radius 1 is 0.367 bits per heavy atom. The van der Waals surface area contributed by atoms with Crippen LogP contribution in [0.3, 0.4) is 0 Å². The molecule has 60 heavy (non-hydrogen) atoms. The summed E-state index contributed by atoms with van der Waals surface area (Å²) in [6.07, 6.45) is 62.5. The molecule has 0 fully saturated rings. The van der Waals surface area contributed by atoms with Crippen LogP contribution in [0.15, 0.2) is 0 Å². The predicted octanol–water partition coefficient (Wildman–Crippen LogP) is 17.3. The average Bonchev–Trinajstić information content (AvgIpc) is 3.24. The van der Waals surface area contributed by atoms with Gasteiger partial charge in [0.05, 0.1) is 0 Å². The Morgan fingerprint density at radius 3 is 0.900 bits per heavy atom. The molecule has 0 aliphatic rings. The van der Waals surface area contributed by atoms with Crippen molar-refractivity contribution in [3.8, 4) is 0 Å². The van der Waals surface area contributed by atoms with Crippen molar-refractivity contribution >= 4 is 0 Å². The van der Waals surface area contributed by atoms with Crippen molar-refractivity contribution in [3.63, 3.8) is 0 Å². The Bertz CT molecular complexity index is 770. The van der Waals surface area contributed by atoms with E-state index in [1.54, 1.807) is 0 Å². The minimum Gasteiger partial charge on any atom is -0.330 e. The summed E-state index contributed by atoms with van der Waals surface area (Å²) in [5.74, 6) is 0.641. The molecule has 4 nitrogen and oxygen atoms in total. The molecule has 0 heterocycles. The van der Waals surface area contributed by atoms with Crippen molar-refractivity contribution in [2.24, 2.45) is 11.7 Å². The third-order valence-corrected chi connectivity index (χ3v) is 14.5. The van der Waals surface area contributed by atoms with Crippen molar-refractivity contribution in [2.75, 3.05) is 46.3 Å². The standard InChI is InChI=1S/C56H118N4/c1-6-7-8-9-10-11-12-13-14-15-16-17-18-19-20-21-22-23-24-25-26-27-28-29-30-31-32-33-34-35-36-37-38-39-40-41-42-43-44-47-53-60(5)56(3,4)55(2)54-59-51-46-45-50-58-52-48-49-57/h55,58-59H,6-54,57H2,1-5H3. The average molecular weight is 848 g/mol. The summed E-state index contributed by atoms with van der Waals surface area (Å²) in [7, 11) is 2.34. The van der Waals surface area contributed by atoms with E-state index in [2.05, 4.69) is 50.3 Å². The van der Waals surface area contributed by atoms with Gasteiger partial charge in [-0.15, -0.1) is 0 Å². The van der Waals surface area contributed by atoms with Gasteiger partial charge in [-0.3, -0.25) is 0 Å². The van der Waals surface area contributed by atoms with E-state index in [-0.39, 0.29) is 5.54 Å². The molecule has 0 radical (unpaired) electrons. The molecular formula is C56H118N4. The molecule has 1 atom stereocenters. The first-order valence-corrected chi connectivity index (χ1v) is 28.3. The zero-order chi connectivity index (χ0) is 43.7. The quantitative estimate of drug-likeness (QED) is 0.0534. The van der Waals surface area contributed by atoms with E-state index in [9.17, 15) is 0 Å². The van der Waals surface area contributed by atoms with E-state index in [0.29, 0.717) is 5.92 Å². The van der Waals surface area contributed by atoms with Crippen molar-refractivity contribution < 1.29 is 0 Å². The van der Waals surface area contributed by atoms with Crippen LogP contribution >= 0.6 is 0 Å². The van der Waals surface area contributed by atoms with Crippen molar-refractivity contribution in [1.82, 2.24) is 15.5 Å². The molecule has 0 aromatic carbocycles. The molecular weight excluding hydrogens is 729 g/mol. The van der Waals surface area contributed by atoms with Crippen LogP contribution in [0.2, 0.25) is 0 Å². The Morgan fingerprint density at radius 2 is 0.617 bits per heavy atom. The molecule has 0 amide bonds. The van der Waals surface area contributed by atoms with Crippen LogP contribution in [-0.4, -0.2) is 56.8 Å². The number of nitrogens with zero attached hydrogens (tertiary/aromatic N) is 1. The molecule has 0 aliphatic carbocycles. The highest BCUT2D eigenvalue weighted by Gasteiger charge is 2.29. The summed E-state index contributed by atoms with van der Waals surface area (Å²) >= 11 is 0. The van der Waals surface area contributed by atoms with Crippen molar-refractivity contribution in [2.45, 2.75) is 309 Å². The number of unbranched alkanes of at least 4 members (excludes halogenated alkanes) is 40. The number of hydrogen-bond donors (Lipinski definition) is 3. The number of hydrogen-bond acceptors (Lipinski definition) is 4. The van der Waals surface area contributed by atoms with Gasteiger partial charge >= 0.3 is 0 Å². The van der Waals surface area contributed by atoms with E-state index in [4.69, 9.17) is 5.73 Å². The zero-order valence-corrected chi connectivity index (χ0v) is 42.8. The summed E-state index contributed by atoms with van der Waals surface area (Å²) in [6.45, 7) is 16.0. The molecule has 0 aliphatic heterocycles. The molecule has 0 saturated heterocycles. The van der Waals surface area contributed by atoms with E-state index < -0.39 is 0 Å².